The van der Waals surface area contributed by atoms with E-state index >= 15 is 0 Å². The largest absolute Gasteiger partial charge is 0.497 e. The molecule has 34 heavy (non-hydrogen) atoms. The summed E-state index contributed by atoms with van der Waals surface area (Å²) in [7, 11) is 1.60. The Morgan fingerprint density at radius 3 is 2.68 bits per heavy atom. The Morgan fingerprint density at radius 1 is 1.21 bits per heavy atom. The summed E-state index contributed by atoms with van der Waals surface area (Å²) in [5.74, 6) is 0.591. The van der Waals surface area contributed by atoms with Crippen LogP contribution in [0.2, 0.25) is 5.02 Å². The topological polar surface area (TPSA) is 91.0 Å². The van der Waals surface area contributed by atoms with Crippen molar-refractivity contribution in [2.45, 2.75) is 32.1 Å². The van der Waals surface area contributed by atoms with Crippen LogP contribution in [0.5, 0.6) is 5.75 Å². The highest BCUT2D eigenvalue weighted by Gasteiger charge is 2.17. The van der Waals surface area contributed by atoms with Crippen molar-refractivity contribution in [3.05, 3.63) is 75.2 Å². The van der Waals surface area contributed by atoms with Crippen LogP contribution in [0, 0.1) is 6.92 Å². The molecule has 2 aromatic heterocycles. The van der Waals surface area contributed by atoms with E-state index in [0.717, 1.165) is 16.9 Å². The number of halogens is 1. The molecule has 0 spiro atoms. The van der Waals surface area contributed by atoms with Crippen molar-refractivity contribution in [2.75, 3.05) is 18.2 Å². The summed E-state index contributed by atoms with van der Waals surface area (Å²) in [5.41, 5.74) is 2.92. The van der Waals surface area contributed by atoms with Crippen LogP contribution in [0.25, 0.3) is 11.0 Å². The minimum atomic E-state index is -0.249. The van der Waals surface area contributed by atoms with Gasteiger partial charge in [0.1, 0.15) is 11.3 Å². The van der Waals surface area contributed by atoms with Gasteiger partial charge in [-0.2, -0.15) is 5.10 Å². The van der Waals surface area contributed by atoms with Crippen molar-refractivity contribution in [1.82, 2.24) is 19.3 Å². The summed E-state index contributed by atoms with van der Waals surface area (Å²) >= 11 is 7.36. The van der Waals surface area contributed by atoms with Crippen molar-refractivity contribution < 1.29 is 9.53 Å². The molecular weight excluding hydrogens is 474 g/mol. The number of methoxy groups -OCH3 is 1. The number of ether oxygens (including phenoxy) is 1. The van der Waals surface area contributed by atoms with Crippen molar-refractivity contribution in [3.63, 3.8) is 0 Å². The fraction of sp³-hybridized carbons (Fsp3) is 0.250. The number of hydrogen-bond acceptors (Lipinski definition) is 6. The second kappa shape index (κ2) is 10.3. The van der Waals surface area contributed by atoms with E-state index in [1.165, 1.54) is 11.8 Å². The van der Waals surface area contributed by atoms with Crippen molar-refractivity contribution in [3.8, 4) is 5.75 Å². The SMILES string of the molecule is CCn1cc2nc(SCC(=O)Nc3cccc(Cl)c3C)n(Cc3ccc(OC)cc3)c(=O)c2n1. The quantitative estimate of drug-likeness (QED) is 0.287. The number of thioether (sulfide) groups is 1. The summed E-state index contributed by atoms with van der Waals surface area (Å²) in [4.78, 5) is 30.6. The number of fused-ring (bicyclic) bond motifs is 1. The molecule has 0 atom stereocenters. The minimum Gasteiger partial charge on any atom is -0.497 e. The van der Waals surface area contributed by atoms with Gasteiger partial charge in [0.2, 0.25) is 5.91 Å². The van der Waals surface area contributed by atoms with Gasteiger partial charge in [-0.3, -0.25) is 18.8 Å². The molecule has 4 rings (SSSR count). The average Bonchev–Trinajstić information content (AvgIpc) is 3.27. The maximum absolute atomic E-state index is 13.3. The smallest absolute Gasteiger partial charge is 0.282 e. The molecule has 0 bridgehead atoms. The number of hydrogen-bond donors (Lipinski definition) is 1. The van der Waals surface area contributed by atoms with Crippen molar-refractivity contribution >= 4 is 46.0 Å². The summed E-state index contributed by atoms with van der Waals surface area (Å²) in [6, 6.07) is 12.8. The maximum Gasteiger partial charge on any atom is 0.282 e. The third kappa shape index (κ3) is 5.10. The molecule has 176 valence electrons. The molecule has 1 amide bonds. The molecule has 0 fully saturated rings. The molecule has 2 aromatic carbocycles. The van der Waals surface area contributed by atoms with Crippen LogP contribution < -0.4 is 15.6 Å². The summed E-state index contributed by atoms with van der Waals surface area (Å²) in [6.45, 7) is 4.71. The lowest BCUT2D eigenvalue weighted by Gasteiger charge is -2.13. The number of benzene rings is 2. The number of carbonyl (C=O) groups is 1. The van der Waals surface area contributed by atoms with Crippen LogP contribution in [-0.4, -0.2) is 38.1 Å². The number of amides is 1. The van der Waals surface area contributed by atoms with Crippen LogP contribution >= 0.6 is 23.4 Å². The molecule has 0 saturated heterocycles. The van der Waals surface area contributed by atoms with Crippen LogP contribution in [0.3, 0.4) is 0 Å². The fourth-order valence-corrected chi connectivity index (χ4v) is 4.38. The first-order chi connectivity index (χ1) is 16.4. The number of aryl methyl sites for hydroxylation is 1. The van der Waals surface area contributed by atoms with E-state index in [9.17, 15) is 9.59 Å². The Balaban J connectivity index is 1.62. The van der Waals surface area contributed by atoms with Gasteiger partial charge in [0.25, 0.3) is 5.56 Å². The summed E-state index contributed by atoms with van der Waals surface area (Å²) in [5, 5.41) is 8.28. The predicted molar refractivity (Wildman–Crippen MR) is 135 cm³/mol. The molecule has 0 aliphatic rings. The van der Waals surface area contributed by atoms with Gasteiger partial charge in [0, 0.05) is 17.3 Å². The fourth-order valence-electron chi connectivity index (χ4n) is 3.41. The molecule has 0 saturated carbocycles. The van der Waals surface area contributed by atoms with E-state index in [1.807, 2.05) is 38.1 Å². The zero-order chi connectivity index (χ0) is 24.2. The Hall–Kier alpha value is -3.30. The molecule has 0 radical (unpaired) electrons. The van der Waals surface area contributed by atoms with Gasteiger partial charge >= 0.3 is 0 Å². The van der Waals surface area contributed by atoms with Gasteiger partial charge in [-0.05, 0) is 49.2 Å². The zero-order valence-corrected chi connectivity index (χ0v) is 20.6. The monoisotopic (exact) mass is 497 g/mol. The van der Waals surface area contributed by atoms with Gasteiger partial charge in [-0.25, -0.2) is 4.98 Å². The van der Waals surface area contributed by atoms with Crippen molar-refractivity contribution in [1.29, 1.82) is 0 Å². The third-order valence-corrected chi connectivity index (χ3v) is 6.72. The Morgan fingerprint density at radius 2 is 1.97 bits per heavy atom. The highest BCUT2D eigenvalue weighted by atomic mass is 35.5. The molecule has 10 heteroatoms. The molecule has 0 unspecified atom stereocenters. The number of rotatable bonds is 8. The van der Waals surface area contributed by atoms with E-state index in [2.05, 4.69) is 15.4 Å². The Labute approximate surface area is 205 Å². The predicted octanol–water partition coefficient (Wildman–Crippen LogP) is 4.36. The molecule has 0 aliphatic heterocycles. The number of carbonyl (C=O) groups excluding carboxylic acids is 1. The first-order valence-corrected chi connectivity index (χ1v) is 12.0. The molecule has 1 N–H and O–H groups in total. The highest BCUT2D eigenvalue weighted by Crippen LogP contribution is 2.24. The van der Waals surface area contributed by atoms with Crippen LogP contribution in [0.1, 0.15) is 18.1 Å². The lowest BCUT2D eigenvalue weighted by atomic mass is 10.2. The van der Waals surface area contributed by atoms with Gasteiger partial charge < -0.3 is 10.1 Å². The van der Waals surface area contributed by atoms with E-state index < -0.39 is 0 Å². The summed E-state index contributed by atoms with van der Waals surface area (Å²) in [6.07, 6.45) is 1.74. The first-order valence-electron chi connectivity index (χ1n) is 10.7. The van der Waals surface area contributed by atoms with Gasteiger partial charge in [0.05, 0.1) is 25.6 Å². The van der Waals surface area contributed by atoms with E-state index in [0.29, 0.717) is 40.0 Å². The lowest BCUT2D eigenvalue weighted by Crippen LogP contribution is -2.25. The van der Waals surface area contributed by atoms with E-state index in [1.54, 1.807) is 40.8 Å². The van der Waals surface area contributed by atoms with E-state index in [-0.39, 0.29) is 17.2 Å². The van der Waals surface area contributed by atoms with Crippen LogP contribution in [0.15, 0.2) is 58.6 Å². The number of aromatic nitrogens is 4. The molecule has 4 aromatic rings. The minimum absolute atomic E-state index is 0.0778. The maximum atomic E-state index is 13.3. The Kier molecular flexibility index (Phi) is 7.23. The third-order valence-electron chi connectivity index (χ3n) is 5.33. The van der Waals surface area contributed by atoms with Crippen molar-refractivity contribution in [2.24, 2.45) is 0 Å². The summed E-state index contributed by atoms with van der Waals surface area (Å²) < 4.78 is 8.45. The molecule has 8 nitrogen and oxygen atoms in total. The van der Waals surface area contributed by atoms with Crippen LogP contribution in [0.4, 0.5) is 5.69 Å². The van der Waals surface area contributed by atoms with Gasteiger partial charge in [0.15, 0.2) is 10.7 Å². The number of nitrogens with zero attached hydrogens (tertiary/aromatic N) is 4. The van der Waals surface area contributed by atoms with Gasteiger partial charge in [-0.15, -0.1) is 0 Å². The lowest BCUT2D eigenvalue weighted by molar-refractivity contribution is -0.113. The van der Waals surface area contributed by atoms with E-state index in [4.69, 9.17) is 16.3 Å². The second-order valence-corrected chi connectivity index (χ2v) is 8.95. The Bertz CT molecular complexity index is 1400. The molecular formula is C24H24ClN5O3S. The zero-order valence-electron chi connectivity index (χ0n) is 19.0. The van der Waals surface area contributed by atoms with Gasteiger partial charge in [-0.1, -0.05) is 41.6 Å². The normalized spacial score (nSPS) is 11.1. The standard InChI is InChI=1S/C24H24ClN5O3S/c1-4-29-13-20-22(28-29)23(32)30(12-16-8-10-17(33-3)11-9-16)24(27-20)34-14-21(31)26-19-7-5-6-18(25)15(19)2/h5-11,13H,4,12,14H2,1-3H3,(H,26,31). The second-order valence-electron chi connectivity index (χ2n) is 7.60. The number of nitrogens with one attached hydrogen (secondary N) is 1. The average molecular weight is 498 g/mol. The molecule has 0 aliphatic carbocycles. The first kappa shape index (κ1) is 23.8. The molecule has 2 heterocycles. The number of anilines is 1. The highest BCUT2D eigenvalue weighted by molar-refractivity contribution is 7.99. The van der Waals surface area contributed by atoms with Crippen LogP contribution in [-0.2, 0) is 17.9 Å².